The second-order valence-electron chi connectivity index (χ2n) is 6.42. The Hall–Kier alpha value is -2.32. The highest BCUT2D eigenvalue weighted by atomic mass is 19.1. The molecule has 2 bridgehead atoms. The van der Waals surface area contributed by atoms with Gasteiger partial charge in [0, 0.05) is 26.2 Å². The Kier molecular flexibility index (Phi) is 4.46. The van der Waals surface area contributed by atoms with E-state index < -0.39 is 5.82 Å². The summed E-state index contributed by atoms with van der Waals surface area (Å²) in [6, 6.07) is 6.09. The molecule has 1 amide bonds. The van der Waals surface area contributed by atoms with Crippen molar-refractivity contribution in [2.75, 3.05) is 32.7 Å². The molecule has 3 aliphatic heterocycles. The van der Waals surface area contributed by atoms with Gasteiger partial charge in [0.05, 0.1) is 12.1 Å². The lowest BCUT2D eigenvalue weighted by Gasteiger charge is -2.36. The first-order valence-electron chi connectivity index (χ1n) is 8.52. The molecule has 132 valence electrons. The first kappa shape index (κ1) is 16.2. The number of halogens is 1. The predicted molar refractivity (Wildman–Crippen MR) is 88.0 cm³/mol. The number of benzene rings is 1. The highest BCUT2D eigenvalue weighted by molar-refractivity contribution is 5.82. The zero-order valence-electron chi connectivity index (χ0n) is 13.8. The van der Waals surface area contributed by atoms with Crippen LogP contribution in [-0.4, -0.2) is 64.6 Å². The first-order valence-corrected chi connectivity index (χ1v) is 8.52. The van der Waals surface area contributed by atoms with Gasteiger partial charge in [0.1, 0.15) is 11.9 Å². The summed E-state index contributed by atoms with van der Waals surface area (Å²) in [7, 11) is 0. The van der Waals surface area contributed by atoms with Crippen molar-refractivity contribution in [1.82, 2.24) is 25.3 Å². The molecule has 1 aromatic heterocycles. The van der Waals surface area contributed by atoms with Crippen LogP contribution < -0.4 is 5.32 Å². The molecule has 0 radical (unpaired) electrons. The summed E-state index contributed by atoms with van der Waals surface area (Å²) in [6.07, 6.45) is 1.10. The molecule has 3 unspecified atom stereocenters. The number of nitrogens with zero attached hydrogens (tertiary/aromatic N) is 4. The number of piperazine rings is 1. The van der Waals surface area contributed by atoms with Crippen LogP contribution in [0.25, 0.3) is 11.5 Å². The van der Waals surface area contributed by atoms with E-state index in [9.17, 15) is 9.18 Å². The summed E-state index contributed by atoms with van der Waals surface area (Å²) in [5.74, 6) is 0.00771. The molecular weight excluding hydrogens is 325 g/mol. The van der Waals surface area contributed by atoms with Crippen molar-refractivity contribution in [2.24, 2.45) is 0 Å². The summed E-state index contributed by atoms with van der Waals surface area (Å²) in [6.45, 7) is 4.89. The van der Waals surface area contributed by atoms with Crippen molar-refractivity contribution < 1.29 is 13.7 Å². The third kappa shape index (κ3) is 3.40. The second-order valence-corrected chi connectivity index (χ2v) is 6.42. The predicted octanol–water partition coefficient (Wildman–Crippen LogP) is 0.882. The van der Waals surface area contributed by atoms with Gasteiger partial charge in [0.2, 0.25) is 5.91 Å². The Morgan fingerprint density at radius 1 is 1.28 bits per heavy atom. The smallest absolute Gasteiger partial charge is 0.260 e. The van der Waals surface area contributed by atoms with Gasteiger partial charge >= 0.3 is 0 Å². The van der Waals surface area contributed by atoms with E-state index in [0.29, 0.717) is 5.82 Å². The lowest BCUT2D eigenvalue weighted by Crippen LogP contribution is -2.56. The molecule has 1 N–H and O–H groups in total. The van der Waals surface area contributed by atoms with E-state index in [1.807, 2.05) is 0 Å². The van der Waals surface area contributed by atoms with Gasteiger partial charge in [-0.25, -0.2) is 4.39 Å². The number of nitrogens with one attached hydrogen (secondary N) is 1. The minimum atomic E-state index is -0.418. The summed E-state index contributed by atoms with van der Waals surface area (Å²) >= 11 is 0. The maximum atomic E-state index is 13.8. The Balaban J connectivity index is 1.39. The fourth-order valence-corrected chi connectivity index (χ4v) is 3.45. The molecule has 2 aromatic rings. The molecule has 7 nitrogen and oxygen atoms in total. The molecular formula is C17H20FN5O2. The Bertz CT molecular complexity index is 761. The molecule has 4 heterocycles. The lowest BCUT2D eigenvalue weighted by atomic mass is 10.1. The van der Waals surface area contributed by atoms with E-state index in [-0.39, 0.29) is 29.9 Å². The number of carbonyl (C=O) groups is 1. The maximum absolute atomic E-state index is 13.8. The van der Waals surface area contributed by atoms with E-state index in [4.69, 9.17) is 4.52 Å². The molecule has 0 saturated carbocycles. The van der Waals surface area contributed by atoms with Crippen LogP contribution in [0.2, 0.25) is 0 Å². The van der Waals surface area contributed by atoms with Crippen molar-refractivity contribution >= 4 is 5.91 Å². The van der Waals surface area contributed by atoms with Gasteiger partial charge < -0.3 is 9.84 Å². The van der Waals surface area contributed by atoms with Gasteiger partial charge in [0.15, 0.2) is 5.82 Å². The van der Waals surface area contributed by atoms with Crippen LogP contribution in [0.4, 0.5) is 4.39 Å². The van der Waals surface area contributed by atoms with Crippen LogP contribution in [0.5, 0.6) is 0 Å². The zero-order chi connectivity index (χ0) is 17.2. The Morgan fingerprint density at radius 3 is 3.04 bits per heavy atom. The zero-order valence-corrected chi connectivity index (χ0v) is 13.8. The monoisotopic (exact) mass is 345 g/mol. The van der Waals surface area contributed by atoms with Gasteiger partial charge in [0.25, 0.3) is 5.89 Å². The lowest BCUT2D eigenvalue weighted by molar-refractivity contribution is -0.128. The summed E-state index contributed by atoms with van der Waals surface area (Å²) in [4.78, 5) is 21.3. The molecule has 0 spiro atoms. The third-order valence-corrected chi connectivity index (χ3v) is 4.79. The topological polar surface area (TPSA) is 74.5 Å². The minimum absolute atomic E-state index is 0.0242. The third-order valence-electron chi connectivity index (χ3n) is 4.79. The largest absolute Gasteiger partial charge is 0.347 e. The normalized spacial score (nSPS) is 25.6. The van der Waals surface area contributed by atoms with Crippen LogP contribution in [0.3, 0.4) is 0 Å². The van der Waals surface area contributed by atoms with E-state index >= 15 is 0 Å². The van der Waals surface area contributed by atoms with Gasteiger partial charge in [-0.05, 0) is 25.1 Å². The number of carbonyl (C=O) groups excluding carboxylic acids is 1. The number of hydrogen-bond acceptors (Lipinski definition) is 6. The SMILES string of the molecule is O=C(NCc1noc(-c2ccccc2F)n1)C1CN2CCCN1CC2. The van der Waals surface area contributed by atoms with Crippen molar-refractivity contribution in [3.05, 3.63) is 35.9 Å². The van der Waals surface area contributed by atoms with Crippen LogP contribution >= 0.6 is 0 Å². The van der Waals surface area contributed by atoms with Crippen molar-refractivity contribution in [3.63, 3.8) is 0 Å². The quantitative estimate of drug-likeness (QED) is 0.887. The van der Waals surface area contributed by atoms with Crippen LogP contribution in [-0.2, 0) is 11.3 Å². The van der Waals surface area contributed by atoms with Gasteiger partial charge in [-0.3, -0.25) is 14.6 Å². The summed E-state index contributed by atoms with van der Waals surface area (Å²) < 4.78 is 18.9. The molecule has 3 atom stereocenters. The highest BCUT2D eigenvalue weighted by Gasteiger charge is 2.34. The molecule has 3 fully saturated rings. The van der Waals surface area contributed by atoms with Crippen LogP contribution in [0.1, 0.15) is 12.2 Å². The molecule has 8 heteroatoms. The average Bonchev–Trinajstić information content (AvgIpc) is 2.85. The molecule has 0 aliphatic carbocycles. The van der Waals surface area contributed by atoms with Crippen molar-refractivity contribution in [1.29, 1.82) is 0 Å². The standard InChI is InChI=1S/C17H20FN5O2/c18-13-5-2-1-4-12(13)17-20-15(21-25-17)10-19-16(24)14-11-22-6-3-7-23(14)9-8-22/h1-2,4-5,14H,3,6-11H2,(H,19,24). The molecule has 3 saturated heterocycles. The van der Waals surface area contributed by atoms with E-state index in [1.54, 1.807) is 18.2 Å². The summed E-state index contributed by atoms with van der Waals surface area (Å²) in [5.41, 5.74) is 0.257. The number of hydrogen-bond donors (Lipinski definition) is 1. The molecule has 5 rings (SSSR count). The molecule has 1 aromatic carbocycles. The Labute approximate surface area is 144 Å². The van der Waals surface area contributed by atoms with Gasteiger partial charge in [-0.15, -0.1) is 0 Å². The van der Waals surface area contributed by atoms with Crippen molar-refractivity contribution in [2.45, 2.75) is 19.0 Å². The van der Waals surface area contributed by atoms with E-state index in [2.05, 4.69) is 25.3 Å². The van der Waals surface area contributed by atoms with E-state index in [1.165, 1.54) is 6.07 Å². The molecule has 25 heavy (non-hydrogen) atoms. The van der Waals surface area contributed by atoms with Gasteiger partial charge in [-0.1, -0.05) is 17.3 Å². The van der Waals surface area contributed by atoms with Crippen molar-refractivity contribution in [3.8, 4) is 11.5 Å². The fraction of sp³-hybridized carbons (Fsp3) is 0.471. The minimum Gasteiger partial charge on any atom is -0.347 e. The average molecular weight is 345 g/mol. The number of rotatable bonds is 4. The number of amides is 1. The maximum Gasteiger partial charge on any atom is 0.260 e. The van der Waals surface area contributed by atoms with Crippen LogP contribution in [0.15, 0.2) is 28.8 Å². The van der Waals surface area contributed by atoms with E-state index in [0.717, 1.165) is 39.1 Å². The number of aromatic nitrogens is 2. The van der Waals surface area contributed by atoms with Crippen LogP contribution in [0, 0.1) is 5.82 Å². The fourth-order valence-electron chi connectivity index (χ4n) is 3.45. The number of fused-ring (bicyclic) bond motifs is 4. The Morgan fingerprint density at radius 2 is 2.16 bits per heavy atom. The van der Waals surface area contributed by atoms with Gasteiger partial charge in [-0.2, -0.15) is 4.98 Å². The summed E-state index contributed by atoms with van der Waals surface area (Å²) in [5, 5.41) is 6.70. The molecule has 3 aliphatic rings. The highest BCUT2D eigenvalue weighted by Crippen LogP contribution is 2.20. The first-order chi connectivity index (χ1) is 12.2. The second kappa shape index (κ2) is 6.89.